The van der Waals surface area contributed by atoms with Gasteiger partial charge in [-0.15, -0.1) is 0 Å². The number of hydrogen-bond acceptors (Lipinski definition) is 3. The fourth-order valence-electron chi connectivity index (χ4n) is 2.59. The number of nitrogens with two attached hydrogens (primary N) is 1. The van der Waals surface area contributed by atoms with Gasteiger partial charge in [0.25, 0.3) is 0 Å². The van der Waals surface area contributed by atoms with Gasteiger partial charge in [0.05, 0.1) is 0 Å². The molecule has 0 unspecified atom stereocenters. The second-order valence-corrected chi connectivity index (χ2v) is 6.15. The molecule has 2 N–H and O–H groups in total. The van der Waals surface area contributed by atoms with E-state index in [9.17, 15) is 0 Å². The summed E-state index contributed by atoms with van der Waals surface area (Å²) < 4.78 is 0. The van der Waals surface area contributed by atoms with Crippen molar-refractivity contribution in [1.82, 2.24) is 9.80 Å². The van der Waals surface area contributed by atoms with Crippen LogP contribution in [0.3, 0.4) is 0 Å². The van der Waals surface area contributed by atoms with Gasteiger partial charge in [-0.3, -0.25) is 9.80 Å². The molecule has 0 aliphatic carbocycles. The number of benzene rings is 1. The molecule has 0 atom stereocenters. The van der Waals surface area contributed by atoms with Crippen molar-refractivity contribution in [3.63, 3.8) is 0 Å². The van der Waals surface area contributed by atoms with Crippen LogP contribution in [0.5, 0.6) is 0 Å². The van der Waals surface area contributed by atoms with Crippen molar-refractivity contribution in [1.29, 1.82) is 0 Å². The van der Waals surface area contributed by atoms with E-state index in [4.69, 9.17) is 5.73 Å². The zero-order valence-corrected chi connectivity index (χ0v) is 12.0. The standard InChI is InChI=1S/C15H25N3/c1-12-5-6-14(16)13(9-12)10-18-8-7-17(4)15(2,3)11-18/h5-6,9H,7-8,10-11,16H2,1-4H3. The third kappa shape index (κ3) is 2.85. The summed E-state index contributed by atoms with van der Waals surface area (Å²) in [6, 6.07) is 6.30. The Morgan fingerprint density at radius 2 is 2.00 bits per heavy atom. The quantitative estimate of drug-likeness (QED) is 0.812. The van der Waals surface area contributed by atoms with Gasteiger partial charge in [0.2, 0.25) is 0 Å². The van der Waals surface area contributed by atoms with E-state index >= 15 is 0 Å². The summed E-state index contributed by atoms with van der Waals surface area (Å²) in [5.41, 5.74) is 9.77. The van der Waals surface area contributed by atoms with Crippen molar-refractivity contribution in [3.8, 4) is 0 Å². The Morgan fingerprint density at radius 1 is 1.28 bits per heavy atom. The lowest BCUT2D eigenvalue weighted by atomic mass is 9.99. The predicted octanol–water partition coefficient (Wildman–Crippen LogP) is 2.10. The Hall–Kier alpha value is -1.06. The normalized spacial score (nSPS) is 21.1. The van der Waals surface area contributed by atoms with E-state index in [1.807, 2.05) is 6.07 Å². The molecule has 3 nitrogen and oxygen atoms in total. The van der Waals surface area contributed by atoms with Crippen LogP contribution in [0.25, 0.3) is 0 Å². The van der Waals surface area contributed by atoms with Gasteiger partial charge in [0.1, 0.15) is 0 Å². The van der Waals surface area contributed by atoms with Gasteiger partial charge in [-0.25, -0.2) is 0 Å². The smallest absolute Gasteiger partial charge is 0.0359 e. The van der Waals surface area contributed by atoms with Crippen LogP contribution in [-0.4, -0.2) is 42.0 Å². The molecule has 1 aliphatic rings. The molecule has 2 rings (SSSR count). The van der Waals surface area contributed by atoms with E-state index in [-0.39, 0.29) is 5.54 Å². The molecule has 0 radical (unpaired) electrons. The van der Waals surface area contributed by atoms with E-state index in [0.29, 0.717) is 0 Å². The molecule has 1 saturated heterocycles. The van der Waals surface area contributed by atoms with Crippen molar-refractivity contribution in [2.75, 3.05) is 32.4 Å². The molecular formula is C15H25N3. The monoisotopic (exact) mass is 247 g/mol. The van der Waals surface area contributed by atoms with E-state index in [2.05, 4.69) is 49.8 Å². The van der Waals surface area contributed by atoms with E-state index in [1.54, 1.807) is 0 Å². The average Bonchev–Trinajstić information content (AvgIpc) is 2.28. The van der Waals surface area contributed by atoms with Crippen LogP contribution in [0, 0.1) is 6.92 Å². The fourth-order valence-corrected chi connectivity index (χ4v) is 2.59. The van der Waals surface area contributed by atoms with Crippen LogP contribution in [0.15, 0.2) is 18.2 Å². The van der Waals surface area contributed by atoms with Crippen LogP contribution in [0.1, 0.15) is 25.0 Å². The Morgan fingerprint density at radius 3 is 2.67 bits per heavy atom. The van der Waals surface area contributed by atoms with Gasteiger partial charge >= 0.3 is 0 Å². The molecular weight excluding hydrogens is 222 g/mol. The highest BCUT2D eigenvalue weighted by atomic mass is 15.3. The summed E-state index contributed by atoms with van der Waals surface area (Å²) in [6.45, 7) is 11.0. The first-order valence-electron chi connectivity index (χ1n) is 6.67. The zero-order chi connectivity index (χ0) is 13.3. The molecule has 1 heterocycles. The van der Waals surface area contributed by atoms with E-state index < -0.39 is 0 Å². The largest absolute Gasteiger partial charge is 0.398 e. The first-order chi connectivity index (χ1) is 8.38. The molecule has 0 bridgehead atoms. The topological polar surface area (TPSA) is 32.5 Å². The summed E-state index contributed by atoms with van der Waals surface area (Å²) in [7, 11) is 2.21. The minimum atomic E-state index is 0.247. The first kappa shape index (κ1) is 13.4. The number of rotatable bonds is 2. The minimum Gasteiger partial charge on any atom is -0.398 e. The fraction of sp³-hybridized carbons (Fsp3) is 0.600. The first-order valence-corrected chi connectivity index (χ1v) is 6.67. The molecule has 1 aliphatic heterocycles. The Balaban J connectivity index is 2.08. The molecule has 0 saturated carbocycles. The van der Waals surface area contributed by atoms with Crippen molar-refractivity contribution in [2.45, 2.75) is 32.9 Å². The number of anilines is 1. The summed E-state index contributed by atoms with van der Waals surface area (Å²) in [5.74, 6) is 0. The lowest BCUT2D eigenvalue weighted by molar-refractivity contribution is 0.0361. The number of hydrogen-bond donors (Lipinski definition) is 1. The number of aryl methyl sites for hydroxylation is 1. The van der Waals surface area contributed by atoms with Gasteiger partial charge in [0.15, 0.2) is 0 Å². The van der Waals surface area contributed by atoms with Gasteiger partial charge in [-0.05, 0) is 39.4 Å². The summed E-state index contributed by atoms with van der Waals surface area (Å²) in [4.78, 5) is 4.94. The zero-order valence-electron chi connectivity index (χ0n) is 12.0. The lowest BCUT2D eigenvalue weighted by Crippen LogP contribution is -2.57. The van der Waals surface area contributed by atoms with E-state index in [0.717, 1.165) is 31.9 Å². The Labute approximate surface area is 111 Å². The molecule has 0 spiro atoms. The second-order valence-electron chi connectivity index (χ2n) is 6.15. The third-order valence-corrected chi connectivity index (χ3v) is 4.09. The van der Waals surface area contributed by atoms with Crippen LogP contribution in [-0.2, 0) is 6.54 Å². The van der Waals surface area contributed by atoms with Crippen LogP contribution >= 0.6 is 0 Å². The second kappa shape index (κ2) is 4.90. The van der Waals surface area contributed by atoms with Crippen molar-refractivity contribution in [2.24, 2.45) is 0 Å². The van der Waals surface area contributed by atoms with Crippen LogP contribution < -0.4 is 5.73 Å². The van der Waals surface area contributed by atoms with Crippen molar-refractivity contribution < 1.29 is 0 Å². The van der Waals surface area contributed by atoms with E-state index in [1.165, 1.54) is 11.1 Å². The number of nitrogen functional groups attached to an aromatic ring is 1. The Kier molecular flexibility index (Phi) is 3.64. The number of likely N-dealkylation sites (N-methyl/N-ethyl adjacent to an activating group) is 1. The maximum Gasteiger partial charge on any atom is 0.0359 e. The Bertz CT molecular complexity index is 426. The highest BCUT2D eigenvalue weighted by Crippen LogP contribution is 2.22. The van der Waals surface area contributed by atoms with Crippen LogP contribution in [0.4, 0.5) is 5.69 Å². The summed E-state index contributed by atoms with van der Waals surface area (Å²) in [5, 5.41) is 0. The lowest BCUT2D eigenvalue weighted by Gasteiger charge is -2.45. The third-order valence-electron chi connectivity index (χ3n) is 4.09. The SMILES string of the molecule is Cc1ccc(N)c(CN2CCN(C)C(C)(C)C2)c1. The average molecular weight is 247 g/mol. The molecule has 3 heteroatoms. The summed E-state index contributed by atoms with van der Waals surface area (Å²) in [6.07, 6.45) is 0. The molecule has 1 aromatic carbocycles. The molecule has 0 amide bonds. The highest BCUT2D eigenvalue weighted by molar-refractivity contribution is 5.48. The minimum absolute atomic E-state index is 0.247. The van der Waals surface area contributed by atoms with Gasteiger partial charge in [0, 0.05) is 37.4 Å². The molecule has 1 aromatic rings. The molecule has 100 valence electrons. The van der Waals surface area contributed by atoms with Gasteiger partial charge in [-0.1, -0.05) is 17.7 Å². The maximum atomic E-state index is 6.06. The maximum absolute atomic E-state index is 6.06. The van der Waals surface area contributed by atoms with Crippen LogP contribution in [0.2, 0.25) is 0 Å². The highest BCUT2D eigenvalue weighted by Gasteiger charge is 2.30. The summed E-state index contributed by atoms with van der Waals surface area (Å²) >= 11 is 0. The predicted molar refractivity (Wildman–Crippen MR) is 77.6 cm³/mol. The van der Waals surface area contributed by atoms with Crippen molar-refractivity contribution >= 4 is 5.69 Å². The van der Waals surface area contributed by atoms with Gasteiger partial charge < -0.3 is 5.73 Å². The van der Waals surface area contributed by atoms with Gasteiger partial charge in [-0.2, -0.15) is 0 Å². The molecule has 1 fully saturated rings. The molecule has 18 heavy (non-hydrogen) atoms. The number of nitrogens with zero attached hydrogens (tertiary/aromatic N) is 2. The van der Waals surface area contributed by atoms with Crippen molar-refractivity contribution in [3.05, 3.63) is 29.3 Å². The molecule has 0 aromatic heterocycles. The number of piperazine rings is 1.